The van der Waals surface area contributed by atoms with Gasteiger partial charge in [0, 0.05) is 29.7 Å². The van der Waals surface area contributed by atoms with Gasteiger partial charge in [-0.2, -0.15) is 0 Å². The summed E-state index contributed by atoms with van der Waals surface area (Å²) in [4.78, 5) is 8.73. The molecule has 1 aliphatic rings. The molecule has 0 bridgehead atoms. The predicted octanol–water partition coefficient (Wildman–Crippen LogP) is 2.96. The molecule has 1 aromatic heterocycles. The average Bonchev–Trinajstić information content (AvgIpc) is 2.60. The third-order valence-electron chi connectivity index (χ3n) is 3.70. The molecule has 136 valence electrons. The van der Waals surface area contributed by atoms with Crippen LogP contribution < -0.4 is 15.4 Å². The molecule has 3 unspecified atom stereocenters. The van der Waals surface area contributed by atoms with Crippen molar-refractivity contribution in [2.24, 2.45) is 4.99 Å². The maximum atomic E-state index is 13.4. The van der Waals surface area contributed by atoms with Crippen LogP contribution in [0.3, 0.4) is 0 Å². The number of ether oxygens (including phenoxy) is 1. The molecule has 0 saturated carbocycles. The third kappa shape index (κ3) is 6.22. The highest BCUT2D eigenvalue weighted by Gasteiger charge is 2.17. The first kappa shape index (κ1) is 19.5. The highest BCUT2D eigenvalue weighted by molar-refractivity contribution is 7.18. The van der Waals surface area contributed by atoms with E-state index in [1.807, 2.05) is 25.5 Å². The number of aliphatic imine (C=N–C) groups is 1. The lowest BCUT2D eigenvalue weighted by molar-refractivity contribution is 0.177. The normalized spacial score (nSPS) is 19.8. The van der Waals surface area contributed by atoms with Crippen molar-refractivity contribution < 1.29 is 9.13 Å². The van der Waals surface area contributed by atoms with Gasteiger partial charge in [-0.25, -0.2) is 9.37 Å². The van der Waals surface area contributed by atoms with Crippen molar-refractivity contribution in [3.63, 3.8) is 0 Å². The van der Waals surface area contributed by atoms with E-state index in [1.54, 1.807) is 12.3 Å². The average molecular weight is 364 g/mol. The Morgan fingerprint density at radius 1 is 1.52 bits per heavy atom. The fraction of sp³-hybridized carbons (Fsp3) is 0.444. The number of rotatable bonds is 8. The summed E-state index contributed by atoms with van der Waals surface area (Å²) in [6.45, 7) is 4.02. The van der Waals surface area contributed by atoms with E-state index in [9.17, 15) is 4.39 Å². The summed E-state index contributed by atoms with van der Waals surface area (Å²) in [5.74, 6) is 0.409. The molecule has 5 nitrogen and oxygen atoms in total. The van der Waals surface area contributed by atoms with Crippen LogP contribution in [0.1, 0.15) is 25.8 Å². The van der Waals surface area contributed by atoms with Crippen molar-refractivity contribution in [2.75, 3.05) is 13.7 Å². The summed E-state index contributed by atoms with van der Waals surface area (Å²) in [6, 6.07) is 3.79. The minimum absolute atomic E-state index is 0.0535. The molecule has 0 aliphatic carbocycles. The number of aromatic nitrogens is 1. The fourth-order valence-electron chi connectivity index (χ4n) is 2.39. The molecule has 2 rings (SSSR count). The Kier molecular flexibility index (Phi) is 7.09. The number of allylic oxidation sites excluding steroid dienone is 1. The van der Waals surface area contributed by atoms with Crippen LogP contribution in [0.2, 0.25) is 0 Å². The highest BCUT2D eigenvalue weighted by atomic mass is 31.0. The van der Waals surface area contributed by atoms with Crippen molar-refractivity contribution in [1.29, 1.82) is 0 Å². The summed E-state index contributed by atoms with van der Waals surface area (Å²) in [6.07, 6.45) is 8.55. The van der Waals surface area contributed by atoms with Crippen LogP contribution in [0, 0.1) is 0 Å². The zero-order valence-electron chi connectivity index (χ0n) is 14.9. The lowest BCUT2D eigenvalue weighted by atomic mass is 10.0. The minimum Gasteiger partial charge on any atom is -0.474 e. The minimum atomic E-state index is -1.46. The standard InChI is InChI=1S/C18H26FN4OP/c1-4-15-14(16(20-3)7-8-22-15)11-21-9-13-5-6-17(23-10-13)24-12-18(2,19)25/h5-8,10-11,16,20,22H,4,9,12,25H2,1-3H3. The van der Waals surface area contributed by atoms with Crippen LogP contribution in [0.15, 0.2) is 46.9 Å². The van der Waals surface area contributed by atoms with E-state index in [0.29, 0.717) is 12.4 Å². The molecular weight excluding hydrogens is 338 g/mol. The fourth-order valence-corrected chi connectivity index (χ4v) is 2.47. The number of hydrogen-bond donors (Lipinski definition) is 2. The Bertz CT molecular complexity index is 650. The first-order valence-electron chi connectivity index (χ1n) is 8.32. The molecule has 0 fully saturated rings. The van der Waals surface area contributed by atoms with Gasteiger partial charge in [0.1, 0.15) is 6.61 Å². The molecule has 3 atom stereocenters. The van der Waals surface area contributed by atoms with E-state index < -0.39 is 5.41 Å². The number of likely N-dealkylation sites (N-methyl/N-ethyl adjacent to an activating group) is 1. The predicted molar refractivity (Wildman–Crippen MR) is 104 cm³/mol. The summed E-state index contributed by atoms with van der Waals surface area (Å²) in [5, 5.41) is 5.08. The molecular formula is C18H26FN4OP. The molecule has 0 amide bonds. The van der Waals surface area contributed by atoms with Crippen LogP contribution in [-0.2, 0) is 6.54 Å². The van der Waals surface area contributed by atoms with Crippen molar-refractivity contribution in [2.45, 2.75) is 38.3 Å². The Hall–Kier alpha value is -1.78. The second kappa shape index (κ2) is 9.07. The van der Waals surface area contributed by atoms with Crippen molar-refractivity contribution in [1.82, 2.24) is 15.6 Å². The number of alkyl halides is 1. The Balaban J connectivity index is 1.96. The van der Waals surface area contributed by atoms with E-state index in [4.69, 9.17) is 4.74 Å². The molecule has 0 aromatic carbocycles. The lowest BCUT2D eigenvalue weighted by Gasteiger charge is -2.22. The summed E-state index contributed by atoms with van der Waals surface area (Å²) in [5.41, 5.74) is 3.28. The first-order chi connectivity index (χ1) is 11.9. The van der Waals surface area contributed by atoms with Gasteiger partial charge in [0.15, 0.2) is 5.41 Å². The molecule has 1 aliphatic heterocycles. The number of nitrogens with one attached hydrogen (secondary N) is 2. The molecule has 2 heterocycles. The van der Waals surface area contributed by atoms with Crippen LogP contribution in [0.4, 0.5) is 4.39 Å². The van der Waals surface area contributed by atoms with Gasteiger partial charge in [-0.3, -0.25) is 4.99 Å². The van der Waals surface area contributed by atoms with Crippen LogP contribution in [-0.4, -0.2) is 36.3 Å². The van der Waals surface area contributed by atoms with Gasteiger partial charge < -0.3 is 15.4 Å². The highest BCUT2D eigenvalue weighted by Crippen LogP contribution is 2.20. The van der Waals surface area contributed by atoms with Crippen LogP contribution in [0.5, 0.6) is 5.88 Å². The number of hydrogen-bond acceptors (Lipinski definition) is 5. The lowest BCUT2D eigenvalue weighted by Crippen LogP contribution is -2.32. The van der Waals surface area contributed by atoms with E-state index in [0.717, 1.165) is 17.6 Å². The van der Waals surface area contributed by atoms with Gasteiger partial charge in [-0.15, -0.1) is 0 Å². The number of pyridine rings is 1. The van der Waals surface area contributed by atoms with Gasteiger partial charge in [-0.1, -0.05) is 22.2 Å². The largest absolute Gasteiger partial charge is 0.474 e. The monoisotopic (exact) mass is 364 g/mol. The molecule has 1 aromatic rings. The summed E-state index contributed by atoms with van der Waals surface area (Å²) >= 11 is 0. The van der Waals surface area contributed by atoms with E-state index in [2.05, 4.69) is 42.8 Å². The van der Waals surface area contributed by atoms with Gasteiger partial charge in [0.05, 0.1) is 12.6 Å². The Morgan fingerprint density at radius 2 is 2.32 bits per heavy atom. The third-order valence-corrected chi connectivity index (χ3v) is 3.87. The second-order valence-electron chi connectivity index (χ2n) is 6.10. The van der Waals surface area contributed by atoms with Gasteiger partial charge >= 0.3 is 0 Å². The summed E-state index contributed by atoms with van der Waals surface area (Å²) < 4.78 is 18.7. The van der Waals surface area contributed by atoms with Gasteiger partial charge in [-0.05, 0) is 38.2 Å². The number of halogens is 1. The van der Waals surface area contributed by atoms with Crippen LogP contribution >= 0.6 is 9.24 Å². The molecule has 0 radical (unpaired) electrons. The van der Waals surface area contributed by atoms with Crippen LogP contribution in [0.25, 0.3) is 0 Å². The van der Waals surface area contributed by atoms with Gasteiger partial charge in [0.25, 0.3) is 0 Å². The topological polar surface area (TPSA) is 58.5 Å². The van der Waals surface area contributed by atoms with Crippen molar-refractivity contribution in [3.8, 4) is 5.88 Å². The Labute approximate surface area is 151 Å². The number of dihydropyridines is 1. The molecule has 2 N–H and O–H groups in total. The maximum absolute atomic E-state index is 13.4. The Morgan fingerprint density at radius 3 is 2.92 bits per heavy atom. The molecule has 25 heavy (non-hydrogen) atoms. The quantitative estimate of drug-likeness (QED) is 0.550. The zero-order valence-corrected chi connectivity index (χ0v) is 16.1. The van der Waals surface area contributed by atoms with Gasteiger partial charge in [0.2, 0.25) is 5.88 Å². The van der Waals surface area contributed by atoms with E-state index in [-0.39, 0.29) is 12.6 Å². The van der Waals surface area contributed by atoms with E-state index >= 15 is 0 Å². The second-order valence-corrected chi connectivity index (χ2v) is 7.30. The van der Waals surface area contributed by atoms with Crippen molar-refractivity contribution >= 4 is 15.5 Å². The smallest absolute Gasteiger partial charge is 0.213 e. The molecule has 0 spiro atoms. The van der Waals surface area contributed by atoms with E-state index in [1.165, 1.54) is 12.6 Å². The first-order valence-corrected chi connectivity index (χ1v) is 8.89. The molecule has 7 heteroatoms. The zero-order chi connectivity index (χ0) is 18.3. The summed E-state index contributed by atoms with van der Waals surface area (Å²) in [7, 11) is 4.03. The molecule has 0 saturated heterocycles. The van der Waals surface area contributed by atoms with Crippen molar-refractivity contribution in [3.05, 3.63) is 47.4 Å². The maximum Gasteiger partial charge on any atom is 0.213 e. The SMILES string of the molecule is CCC1=C(C=NCc2ccc(OCC(C)(F)P)nc2)C(NC)C=CN1. The number of nitrogens with zero attached hydrogens (tertiary/aromatic N) is 2.